The Bertz CT molecular complexity index is 546. The van der Waals surface area contributed by atoms with Gasteiger partial charge in [-0.2, -0.15) is 0 Å². The number of rotatable bonds is 1. The smallest absolute Gasteiger partial charge is 0.335 e. The van der Waals surface area contributed by atoms with Gasteiger partial charge < -0.3 is 15.3 Å². The van der Waals surface area contributed by atoms with Crippen LogP contribution < -0.4 is 5.11 Å². The van der Waals surface area contributed by atoms with Gasteiger partial charge in [0, 0.05) is 0 Å². The average Bonchev–Trinajstić information content (AvgIpc) is 2.16. The van der Waals surface area contributed by atoms with Crippen LogP contribution in [-0.2, 0) is 0 Å². The Kier molecular flexibility index (Phi) is 1.97. The van der Waals surface area contributed by atoms with E-state index in [2.05, 4.69) is 0 Å². The number of carboxylic acids is 1. The van der Waals surface area contributed by atoms with E-state index in [1.807, 2.05) is 0 Å². The van der Waals surface area contributed by atoms with Crippen LogP contribution in [-0.4, -0.2) is 16.2 Å². The van der Waals surface area contributed by atoms with Crippen molar-refractivity contribution >= 4 is 16.7 Å². The van der Waals surface area contributed by atoms with Crippen LogP contribution in [0.25, 0.3) is 10.8 Å². The van der Waals surface area contributed by atoms with Gasteiger partial charge >= 0.3 is 5.97 Å². The average molecular weight is 203 g/mol. The molecule has 0 unspecified atom stereocenters. The first-order valence-electron chi connectivity index (χ1n) is 4.25. The molecule has 0 aromatic heterocycles. The molecule has 0 aliphatic rings. The number of fused-ring (bicyclic) bond motifs is 1. The fraction of sp³-hybridized carbons (Fsp3) is 0. The Morgan fingerprint density at radius 3 is 2.60 bits per heavy atom. The lowest BCUT2D eigenvalue weighted by Gasteiger charge is -2.11. The largest absolute Gasteiger partial charge is 0.872 e. The lowest BCUT2D eigenvalue weighted by Crippen LogP contribution is -1.99. The molecule has 0 saturated carbocycles. The first-order chi connectivity index (χ1) is 7.08. The summed E-state index contributed by atoms with van der Waals surface area (Å²) in [6, 6.07) is 6.66. The molecule has 76 valence electrons. The van der Waals surface area contributed by atoms with Gasteiger partial charge in [0.1, 0.15) is 5.75 Å². The summed E-state index contributed by atoms with van der Waals surface area (Å²) in [6.07, 6.45) is 0. The van der Waals surface area contributed by atoms with Gasteiger partial charge in [0.15, 0.2) is 0 Å². The second-order valence-corrected chi connectivity index (χ2v) is 3.18. The van der Waals surface area contributed by atoms with E-state index in [0.29, 0.717) is 10.8 Å². The standard InChI is InChI=1S/C11H8O4/c12-8-1-2-9-6(4-8)3-7(11(14)15)5-10(9)13/h1-5,12-13H,(H,14,15)/p-1. The maximum Gasteiger partial charge on any atom is 0.335 e. The first-order valence-corrected chi connectivity index (χ1v) is 4.25. The molecule has 0 heterocycles. The Labute approximate surface area is 85.0 Å². The Morgan fingerprint density at radius 2 is 1.93 bits per heavy atom. The number of carbonyl (C=O) groups is 1. The fourth-order valence-electron chi connectivity index (χ4n) is 1.45. The van der Waals surface area contributed by atoms with E-state index in [-0.39, 0.29) is 17.1 Å². The molecule has 2 N–H and O–H groups in total. The van der Waals surface area contributed by atoms with Crippen molar-refractivity contribution < 1.29 is 20.1 Å². The Hall–Kier alpha value is -2.23. The predicted octanol–water partition coefficient (Wildman–Crippen LogP) is 1.32. The molecule has 15 heavy (non-hydrogen) atoms. The maximum absolute atomic E-state index is 11.5. The van der Waals surface area contributed by atoms with Gasteiger partial charge in [0.2, 0.25) is 0 Å². The lowest BCUT2D eigenvalue weighted by atomic mass is 10.1. The molecule has 0 bridgehead atoms. The fourth-order valence-corrected chi connectivity index (χ4v) is 1.45. The van der Waals surface area contributed by atoms with Crippen LogP contribution in [0.5, 0.6) is 11.5 Å². The van der Waals surface area contributed by atoms with Gasteiger partial charge in [-0.05, 0) is 29.0 Å². The highest BCUT2D eigenvalue weighted by molar-refractivity contribution is 5.97. The summed E-state index contributed by atoms with van der Waals surface area (Å²) in [4.78, 5) is 10.7. The zero-order valence-electron chi connectivity index (χ0n) is 7.60. The maximum atomic E-state index is 11.5. The topological polar surface area (TPSA) is 80.6 Å². The third kappa shape index (κ3) is 1.57. The van der Waals surface area contributed by atoms with Crippen LogP contribution in [0.3, 0.4) is 0 Å². The monoisotopic (exact) mass is 203 g/mol. The third-order valence-electron chi connectivity index (χ3n) is 2.15. The molecule has 0 aliphatic carbocycles. The highest BCUT2D eigenvalue weighted by atomic mass is 16.4. The molecule has 0 amide bonds. The molecule has 0 atom stereocenters. The molecule has 0 fully saturated rings. The van der Waals surface area contributed by atoms with Crippen LogP contribution >= 0.6 is 0 Å². The van der Waals surface area contributed by atoms with Crippen LogP contribution in [0.1, 0.15) is 10.4 Å². The predicted molar refractivity (Wildman–Crippen MR) is 52.0 cm³/mol. The van der Waals surface area contributed by atoms with E-state index < -0.39 is 5.97 Å². The molecular weight excluding hydrogens is 196 g/mol. The minimum Gasteiger partial charge on any atom is -0.872 e. The Morgan fingerprint density at radius 1 is 1.20 bits per heavy atom. The van der Waals surface area contributed by atoms with Crippen molar-refractivity contribution in [2.75, 3.05) is 0 Å². The normalized spacial score (nSPS) is 10.4. The van der Waals surface area contributed by atoms with Crippen molar-refractivity contribution in [3.8, 4) is 11.5 Å². The van der Waals surface area contributed by atoms with Crippen molar-refractivity contribution in [1.29, 1.82) is 0 Å². The molecule has 0 aliphatic heterocycles. The molecule has 2 aromatic rings. The number of hydrogen-bond donors (Lipinski definition) is 2. The third-order valence-corrected chi connectivity index (χ3v) is 2.15. The van der Waals surface area contributed by atoms with Crippen LogP contribution in [0, 0.1) is 0 Å². The molecule has 0 saturated heterocycles. The molecular formula is C11H7O4-. The molecule has 4 nitrogen and oxygen atoms in total. The number of aromatic hydroxyl groups is 1. The van der Waals surface area contributed by atoms with Crippen LogP contribution in [0.4, 0.5) is 0 Å². The molecule has 0 radical (unpaired) electrons. The first kappa shape index (κ1) is 9.33. The van der Waals surface area contributed by atoms with Gasteiger partial charge in [-0.25, -0.2) is 4.79 Å². The van der Waals surface area contributed by atoms with E-state index in [4.69, 9.17) is 5.11 Å². The van der Waals surface area contributed by atoms with Crippen molar-refractivity contribution in [3.63, 3.8) is 0 Å². The van der Waals surface area contributed by atoms with E-state index in [9.17, 15) is 15.0 Å². The zero-order chi connectivity index (χ0) is 11.0. The van der Waals surface area contributed by atoms with E-state index in [1.54, 1.807) is 0 Å². The minimum atomic E-state index is -1.16. The zero-order valence-corrected chi connectivity index (χ0v) is 7.60. The number of aromatic carboxylic acids is 1. The highest BCUT2D eigenvalue weighted by Gasteiger charge is 2.04. The second kappa shape index (κ2) is 3.16. The highest BCUT2D eigenvalue weighted by Crippen LogP contribution is 2.27. The van der Waals surface area contributed by atoms with Crippen molar-refractivity contribution in [3.05, 3.63) is 35.9 Å². The van der Waals surface area contributed by atoms with Crippen molar-refractivity contribution in [2.45, 2.75) is 0 Å². The van der Waals surface area contributed by atoms with Crippen LogP contribution in [0.15, 0.2) is 30.3 Å². The van der Waals surface area contributed by atoms with Gasteiger partial charge in [0.25, 0.3) is 0 Å². The molecule has 4 heteroatoms. The van der Waals surface area contributed by atoms with Gasteiger partial charge in [-0.1, -0.05) is 12.1 Å². The van der Waals surface area contributed by atoms with Crippen LogP contribution in [0.2, 0.25) is 0 Å². The minimum absolute atomic E-state index is 0.00411. The molecule has 2 aromatic carbocycles. The SMILES string of the molecule is O=C(O)c1cc([O-])c2ccc(O)cc2c1. The van der Waals surface area contributed by atoms with Gasteiger partial charge in [0.05, 0.1) is 5.56 Å². The summed E-state index contributed by atoms with van der Waals surface area (Å²) in [5.74, 6) is -1.51. The van der Waals surface area contributed by atoms with E-state index in [1.165, 1.54) is 24.3 Å². The van der Waals surface area contributed by atoms with Crippen molar-refractivity contribution in [2.24, 2.45) is 0 Å². The lowest BCUT2D eigenvalue weighted by molar-refractivity contribution is -0.265. The molecule has 0 spiro atoms. The number of hydrogen-bond acceptors (Lipinski definition) is 3. The Balaban J connectivity index is 2.79. The van der Waals surface area contributed by atoms with E-state index in [0.717, 1.165) is 6.07 Å². The second-order valence-electron chi connectivity index (χ2n) is 3.18. The summed E-state index contributed by atoms with van der Waals surface area (Å²) in [5, 5.41) is 30.2. The number of phenolic OH excluding ortho intramolecular Hbond substituents is 1. The summed E-state index contributed by atoms with van der Waals surface area (Å²) < 4.78 is 0. The summed E-state index contributed by atoms with van der Waals surface area (Å²) in [6.45, 7) is 0. The summed E-state index contributed by atoms with van der Waals surface area (Å²) in [7, 11) is 0. The van der Waals surface area contributed by atoms with Gasteiger partial charge in [-0.15, -0.1) is 5.75 Å². The number of carboxylic acid groups (broad SMARTS) is 1. The van der Waals surface area contributed by atoms with Gasteiger partial charge in [-0.3, -0.25) is 0 Å². The quantitative estimate of drug-likeness (QED) is 0.732. The van der Waals surface area contributed by atoms with Crippen molar-refractivity contribution in [1.82, 2.24) is 0 Å². The summed E-state index contributed by atoms with van der Waals surface area (Å²) in [5.41, 5.74) is -0.0712. The molecule has 2 rings (SSSR count). The number of phenols is 1. The summed E-state index contributed by atoms with van der Waals surface area (Å²) >= 11 is 0. The number of benzene rings is 2. The van der Waals surface area contributed by atoms with E-state index >= 15 is 0 Å².